The molecule has 1 aliphatic heterocycles. The Balaban J connectivity index is 2.05. The summed E-state index contributed by atoms with van der Waals surface area (Å²) in [5.41, 5.74) is 2.02. The highest BCUT2D eigenvalue weighted by Gasteiger charge is 2.29. The Morgan fingerprint density at radius 3 is 2.75 bits per heavy atom. The smallest absolute Gasteiger partial charge is 0.422 e. The van der Waals surface area contributed by atoms with Gasteiger partial charge < -0.3 is 4.74 Å². The van der Waals surface area contributed by atoms with Crippen LogP contribution in [0.4, 0.5) is 13.2 Å². The lowest BCUT2D eigenvalue weighted by Gasteiger charge is -2.08. The van der Waals surface area contributed by atoms with Crippen molar-refractivity contribution in [2.45, 2.75) is 19.3 Å². The van der Waals surface area contributed by atoms with Crippen molar-refractivity contribution < 1.29 is 17.9 Å². The normalized spacial score (nSPS) is 16.2. The summed E-state index contributed by atoms with van der Waals surface area (Å²) in [5, 5.41) is 0. The van der Waals surface area contributed by atoms with Gasteiger partial charge >= 0.3 is 6.18 Å². The Hall–Kier alpha value is -1.30. The number of ether oxygens (including phenoxy) is 1. The van der Waals surface area contributed by atoms with Crippen molar-refractivity contribution in [3.05, 3.63) is 23.4 Å². The van der Waals surface area contributed by atoms with Crippen molar-refractivity contribution in [2.75, 3.05) is 13.7 Å². The molecule has 0 saturated carbocycles. The second kappa shape index (κ2) is 3.93. The van der Waals surface area contributed by atoms with E-state index in [9.17, 15) is 13.2 Å². The van der Waals surface area contributed by atoms with E-state index in [2.05, 4.69) is 14.6 Å². The number of hydrogen-bond acceptors (Lipinski definition) is 3. The average Bonchev–Trinajstić information content (AvgIpc) is 2.52. The van der Waals surface area contributed by atoms with Crippen LogP contribution in [-0.2, 0) is 13.1 Å². The van der Waals surface area contributed by atoms with E-state index in [1.165, 1.54) is 0 Å². The summed E-state index contributed by atoms with van der Waals surface area (Å²) in [6, 6.07) is 1.57. The van der Waals surface area contributed by atoms with Crippen molar-refractivity contribution in [3.8, 4) is 5.88 Å². The van der Waals surface area contributed by atoms with Crippen LogP contribution < -0.4 is 4.74 Å². The summed E-state index contributed by atoms with van der Waals surface area (Å²) in [6.07, 6.45) is -2.75. The van der Waals surface area contributed by atoms with E-state index in [-0.39, 0.29) is 5.88 Å². The third-order valence-corrected chi connectivity index (χ3v) is 2.32. The molecule has 0 N–H and O–H groups in total. The Labute approximate surface area is 90.8 Å². The SMILES string of the molecule is CN1Cc2cnc(OCC(F)(F)F)cc2C1. The zero-order valence-electron chi connectivity index (χ0n) is 8.71. The van der Waals surface area contributed by atoms with E-state index in [0.29, 0.717) is 0 Å². The number of hydrogen-bond donors (Lipinski definition) is 0. The highest BCUT2D eigenvalue weighted by atomic mass is 19.4. The summed E-state index contributed by atoms with van der Waals surface area (Å²) in [5.74, 6) is 0.0337. The first kappa shape index (κ1) is 11.2. The molecule has 0 aromatic carbocycles. The van der Waals surface area contributed by atoms with Crippen molar-refractivity contribution >= 4 is 0 Å². The maximum Gasteiger partial charge on any atom is 0.422 e. The summed E-state index contributed by atoms with van der Waals surface area (Å²) in [4.78, 5) is 5.89. The average molecular weight is 232 g/mol. The fraction of sp³-hybridized carbons (Fsp3) is 0.500. The van der Waals surface area contributed by atoms with Crippen LogP contribution in [0, 0.1) is 0 Å². The first-order chi connectivity index (χ1) is 7.44. The zero-order chi connectivity index (χ0) is 11.8. The Kier molecular flexibility index (Phi) is 2.75. The summed E-state index contributed by atoms with van der Waals surface area (Å²) < 4.78 is 40.3. The molecule has 1 aromatic heterocycles. The monoisotopic (exact) mass is 232 g/mol. The van der Waals surface area contributed by atoms with Gasteiger partial charge in [-0.3, -0.25) is 4.90 Å². The van der Waals surface area contributed by atoms with E-state index in [1.807, 2.05) is 7.05 Å². The van der Waals surface area contributed by atoms with Gasteiger partial charge in [0.15, 0.2) is 6.61 Å². The lowest BCUT2D eigenvalue weighted by molar-refractivity contribution is -0.154. The standard InChI is InChI=1S/C10H11F3N2O/c1-15-4-7-2-9(14-3-8(7)5-15)16-6-10(11,12)13/h2-3H,4-6H2,1H3. The predicted molar refractivity (Wildman–Crippen MR) is 51.0 cm³/mol. The molecular weight excluding hydrogens is 221 g/mol. The maximum atomic E-state index is 11.9. The molecule has 0 spiro atoms. The van der Waals surface area contributed by atoms with Crippen LogP contribution in [0.1, 0.15) is 11.1 Å². The third kappa shape index (κ3) is 2.63. The highest BCUT2D eigenvalue weighted by Crippen LogP contribution is 2.24. The minimum absolute atomic E-state index is 0.0337. The summed E-state index contributed by atoms with van der Waals surface area (Å²) >= 11 is 0. The van der Waals surface area contributed by atoms with Crippen molar-refractivity contribution in [1.82, 2.24) is 9.88 Å². The molecule has 0 aliphatic carbocycles. The number of alkyl halides is 3. The Morgan fingerprint density at radius 1 is 1.38 bits per heavy atom. The number of fused-ring (bicyclic) bond motifs is 1. The number of nitrogens with zero attached hydrogens (tertiary/aromatic N) is 2. The molecule has 0 amide bonds. The minimum Gasteiger partial charge on any atom is -0.468 e. The molecule has 0 fully saturated rings. The molecule has 1 aromatic rings. The van der Waals surface area contributed by atoms with Crippen molar-refractivity contribution in [3.63, 3.8) is 0 Å². The van der Waals surface area contributed by atoms with Gasteiger partial charge in [0.25, 0.3) is 0 Å². The number of aromatic nitrogens is 1. The molecule has 2 rings (SSSR count). The molecule has 0 atom stereocenters. The molecule has 2 heterocycles. The Morgan fingerprint density at radius 2 is 2.06 bits per heavy atom. The quantitative estimate of drug-likeness (QED) is 0.779. The molecule has 0 bridgehead atoms. The molecule has 6 heteroatoms. The largest absolute Gasteiger partial charge is 0.468 e. The van der Waals surface area contributed by atoms with Gasteiger partial charge in [0, 0.05) is 25.4 Å². The first-order valence-corrected chi connectivity index (χ1v) is 4.80. The molecule has 0 radical (unpaired) electrons. The van der Waals surface area contributed by atoms with Crippen LogP contribution in [0.3, 0.4) is 0 Å². The Bertz CT molecular complexity index is 392. The number of halogens is 3. The second-order valence-corrected chi connectivity index (χ2v) is 3.87. The van der Waals surface area contributed by atoms with E-state index in [0.717, 1.165) is 24.2 Å². The van der Waals surface area contributed by atoms with Crippen molar-refractivity contribution in [2.24, 2.45) is 0 Å². The fourth-order valence-corrected chi connectivity index (χ4v) is 1.67. The molecule has 88 valence electrons. The molecule has 0 unspecified atom stereocenters. The third-order valence-electron chi connectivity index (χ3n) is 2.32. The van der Waals surface area contributed by atoms with Crippen LogP contribution in [-0.4, -0.2) is 29.7 Å². The molecule has 0 saturated heterocycles. The number of rotatable bonds is 2. The lowest BCUT2D eigenvalue weighted by atomic mass is 10.2. The number of pyridine rings is 1. The van der Waals surface area contributed by atoms with Gasteiger partial charge in [0.1, 0.15) is 0 Å². The van der Waals surface area contributed by atoms with Gasteiger partial charge in [0.2, 0.25) is 5.88 Å². The van der Waals surface area contributed by atoms with Crippen LogP contribution in [0.25, 0.3) is 0 Å². The zero-order valence-corrected chi connectivity index (χ0v) is 8.71. The summed E-state index contributed by atoms with van der Waals surface area (Å²) in [7, 11) is 1.94. The fourth-order valence-electron chi connectivity index (χ4n) is 1.67. The maximum absolute atomic E-state index is 11.9. The predicted octanol–water partition coefficient (Wildman–Crippen LogP) is 1.97. The topological polar surface area (TPSA) is 25.4 Å². The molecule has 16 heavy (non-hydrogen) atoms. The van der Waals surface area contributed by atoms with E-state index in [1.54, 1.807) is 12.3 Å². The van der Waals surface area contributed by atoms with Gasteiger partial charge in [-0.05, 0) is 18.2 Å². The van der Waals surface area contributed by atoms with Crippen LogP contribution >= 0.6 is 0 Å². The lowest BCUT2D eigenvalue weighted by Crippen LogP contribution is -2.19. The van der Waals surface area contributed by atoms with Gasteiger partial charge in [-0.1, -0.05) is 0 Å². The van der Waals surface area contributed by atoms with Gasteiger partial charge in [0.05, 0.1) is 0 Å². The van der Waals surface area contributed by atoms with E-state index in [4.69, 9.17) is 0 Å². The molecule has 3 nitrogen and oxygen atoms in total. The van der Waals surface area contributed by atoms with Crippen LogP contribution in [0.2, 0.25) is 0 Å². The van der Waals surface area contributed by atoms with Crippen molar-refractivity contribution in [1.29, 1.82) is 0 Å². The highest BCUT2D eigenvalue weighted by molar-refractivity contribution is 5.32. The van der Waals surface area contributed by atoms with Gasteiger partial charge in [-0.25, -0.2) is 4.98 Å². The minimum atomic E-state index is -4.32. The molecular formula is C10H11F3N2O. The first-order valence-electron chi connectivity index (χ1n) is 4.80. The van der Waals surface area contributed by atoms with Crippen LogP contribution in [0.5, 0.6) is 5.88 Å². The molecule has 1 aliphatic rings. The second-order valence-electron chi connectivity index (χ2n) is 3.87. The van der Waals surface area contributed by atoms with E-state index < -0.39 is 12.8 Å². The van der Waals surface area contributed by atoms with Gasteiger partial charge in [-0.15, -0.1) is 0 Å². The van der Waals surface area contributed by atoms with E-state index >= 15 is 0 Å². The summed E-state index contributed by atoms with van der Waals surface area (Å²) in [6.45, 7) is 0.205. The van der Waals surface area contributed by atoms with Crippen LogP contribution in [0.15, 0.2) is 12.3 Å². The van der Waals surface area contributed by atoms with Gasteiger partial charge in [-0.2, -0.15) is 13.2 Å².